The molecule has 0 nitrogen and oxygen atoms in total. The summed E-state index contributed by atoms with van der Waals surface area (Å²) in [5.74, 6) is 0. The first-order valence-electron chi connectivity index (χ1n) is 0. The van der Waals surface area contributed by atoms with Gasteiger partial charge in [-0.05, 0) is 0 Å². The molecular weight excluding hydrogens is 382 g/mol. The Morgan fingerprint density at radius 3 is 1.00 bits per heavy atom. The van der Waals surface area contributed by atoms with Crippen LogP contribution in [0.5, 0.6) is 0 Å². The summed E-state index contributed by atoms with van der Waals surface area (Å²) >= 11 is 0. The van der Waals surface area contributed by atoms with Gasteiger partial charge >= 0.3 is 0 Å². The van der Waals surface area contributed by atoms with Crippen molar-refractivity contribution in [3.8, 4) is 0 Å². The minimum Gasteiger partial charge on any atom is 0 e. The van der Waals surface area contributed by atoms with Crippen molar-refractivity contribution in [2.45, 2.75) is 0 Å². The summed E-state index contributed by atoms with van der Waals surface area (Å²) in [6, 6.07) is 0. The van der Waals surface area contributed by atoms with E-state index in [2.05, 4.69) is 0 Å². The normalized spacial score (nSPS) is 0. The molecule has 4 radical (unpaired) electrons. The molecule has 0 unspecified atom stereocenters. The minimum absolute atomic E-state index is 0. The zero-order valence-electron chi connectivity index (χ0n) is 1.45. The molecule has 0 bridgehead atoms. The zero-order valence-corrected chi connectivity index (χ0v) is 8.06. The van der Waals surface area contributed by atoms with E-state index in [9.17, 15) is 0 Å². The standard InChI is InChI=1S/Bi.Co.Fe.Ni. The molecule has 0 fully saturated rings. The van der Waals surface area contributed by atoms with Gasteiger partial charge in [0, 0.05) is 76.5 Å². The summed E-state index contributed by atoms with van der Waals surface area (Å²) in [6.45, 7) is 0. The van der Waals surface area contributed by atoms with Crippen LogP contribution in [0.15, 0.2) is 0 Å². The first-order chi connectivity index (χ1) is 0. The van der Waals surface area contributed by atoms with Gasteiger partial charge in [-0.1, -0.05) is 0 Å². The van der Waals surface area contributed by atoms with Gasteiger partial charge in [0.25, 0.3) is 0 Å². The smallest absolute Gasteiger partial charge is 0 e. The van der Waals surface area contributed by atoms with Crippen molar-refractivity contribution in [3.05, 3.63) is 0 Å². The molecule has 0 aromatic heterocycles. The summed E-state index contributed by atoms with van der Waals surface area (Å²) in [7, 11) is 0. The molecule has 0 N–H and O–H groups in total. The predicted octanol–water partition coefficient (Wildman–Crippen LogP) is -0.388. The first kappa shape index (κ1) is 32.4. The van der Waals surface area contributed by atoms with Gasteiger partial charge in [0.2, 0.25) is 0 Å². The molecule has 0 aliphatic heterocycles. The van der Waals surface area contributed by atoms with Gasteiger partial charge in [-0.2, -0.15) is 0 Å². The van der Waals surface area contributed by atoms with E-state index in [0.29, 0.717) is 0 Å². The van der Waals surface area contributed by atoms with Crippen molar-refractivity contribution in [2.75, 3.05) is 0 Å². The maximum Gasteiger partial charge on any atom is 0 e. The molecule has 4 heteroatoms. The van der Waals surface area contributed by atoms with E-state index < -0.39 is 0 Å². The third kappa shape index (κ3) is 8.83. The van der Waals surface area contributed by atoms with Crippen LogP contribution < -0.4 is 0 Å². The van der Waals surface area contributed by atoms with Crippen LogP contribution in [0.1, 0.15) is 0 Å². The molecule has 0 spiro atoms. The molecule has 0 amide bonds. The molecule has 0 heterocycles. The number of hydrogen-bond donors (Lipinski definition) is 0. The number of rotatable bonds is 0. The van der Waals surface area contributed by atoms with Crippen molar-refractivity contribution in [3.63, 3.8) is 0 Å². The van der Waals surface area contributed by atoms with Crippen LogP contribution in [-0.2, 0) is 50.3 Å². The van der Waals surface area contributed by atoms with E-state index >= 15 is 0 Å². The molecule has 4 heavy (non-hydrogen) atoms. The quantitative estimate of drug-likeness (QED) is 0.501. The summed E-state index contributed by atoms with van der Waals surface area (Å²) in [6.07, 6.45) is 0. The number of hydrogen-bond acceptors (Lipinski definition) is 0. The van der Waals surface area contributed by atoms with E-state index in [1.54, 1.807) is 0 Å². The zero-order chi connectivity index (χ0) is 0. The molecule has 0 aliphatic carbocycles. The van der Waals surface area contributed by atoms with Gasteiger partial charge in [0.1, 0.15) is 0 Å². The minimum atomic E-state index is 0. The fraction of sp³-hybridized carbons (Fsp3) is 0. The molecule has 32 valence electrons. The average Bonchev–Trinajstić information content (AvgIpc) is 0. The Balaban J connectivity index is 0. The van der Waals surface area contributed by atoms with E-state index in [1.165, 1.54) is 0 Å². The van der Waals surface area contributed by atoms with Crippen LogP contribution in [0.4, 0.5) is 0 Å². The van der Waals surface area contributed by atoms with Crippen LogP contribution in [0.2, 0.25) is 0 Å². The van der Waals surface area contributed by atoms with Crippen LogP contribution >= 0.6 is 0 Å². The Bertz CT molecular complexity index is 8.00. The van der Waals surface area contributed by atoms with Crippen LogP contribution in [0, 0.1) is 0 Å². The summed E-state index contributed by atoms with van der Waals surface area (Å²) < 4.78 is 0. The third-order valence-electron chi connectivity index (χ3n) is 0. The van der Waals surface area contributed by atoms with Crippen molar-refractivity contribution in [2.24, 2.45) is 0 Å². The van der Waals surface area contributed by atoms with E-state index in [-0.39, 0.29) is 76.5 Å². The Labute approximate surface area is 75.6 Å². The fourth-order valence-corrected chi connectivity index (χ4v) is 0. The second-order valence-electron chi connectivity index (χ2n) is 0. The molecule has 0 aromatic carbocycles. The van der Waals surface area contributed by atoms with Crippen LogP contribution in [0.3, 0.4) is 0 Å². The van der Waals surface area contributed by atoms with E-state index in [4.69, 9.17) is 0 Å². The van der Waals surface area contributed by atoms with Gasteiger partial charge in [-0.25, -0.2) is 0 Å². The van der Waals surface area contributed by atoms with Gasteiger partial charge in [0.15, 0.2) is 0 Å². The van der Waals surface area contributed by atoms with Gasteiger partial charge < -0.3 is 0 Å². The Kier molecular flexibility index (Phi) is 147. The second-order valence-corrected chi connectivity index (χ2v) is 0. The van der Waals surface area contributed by atoms with Gasteiger partial charge in [0.05, 0.1) is 0 Å². The monoisotopic (exact) mass is 382 g/mol. The summed E-state index contributed by atoms with van der Waals surface area (Å²) in [5.41, 5.74) is 0. The average molecular weight is 382 g/mol. The Hall–Kier alpha value is 2.40. The molecule has 0 saturated carbocycles. The molecule has 0 aliphatic rings. The van der Waals surface area contributed by atoms with Crippen molar-refractivity contribution >= 4 is 26.2 Å². The largest absolute Gasteiger partial charge is 0 e. The Morgan fingerprint density at radius 1 is 1.00 bits per heavy atom. The van der Waals surface area contributed by atoms with Gasteiger partial charge in [-0.15, -0.1) is 0 Å². The maximum absolute atomic E-state index is 0. The third-order valence-corrected chi connectivity index (χ3v) is 0. The van der Waals surface area contributed by atoms with Gasteiger partial charge in [-0.3, -0.25) is 0 Å². The SMILES string of the molecule is [Bi].[Co].[Fe].[Ni]. The molecule has 0 saturated heterocycles. The van der Waals surface area contributed by atoms with Crippen LogP contribution in [0.25, 0.3) is 0 Å². The van der Waals surface area contributed by atoms with Crippen molar-refractivity contribution in [1.29, 1.82) is 0 Å². The molecular formula is BiCoFeNi. The maximum atomic E-state index is 0. The molecule has 0 atom stereocenters. The fourth-order valence-electron chi connectivity index (χ4n) is 0. The second kappa shape index (κ2) is 18.1. The van der Waals surface area contributed by atoms with E-state index in [0.717, 1.165) is 0 Å². The van der Waals surface area contributed by atoms with E-state index in [1.807, 2.05) is 0 Å². The van der Waals surface area contributed by atoms with Crippen molar-refractivity contribution < 1.29 is 50.3 Å². The van der Waals surface area contributed by atoms with Crippen LogP contribution in [-0.4, -0.2) is 26.2 Å². The predicted molar refractivity (Wildman–Crippen MR) is 5.75 cm³/mol. The molecule has 0 rings (SSSR count). The Morgan fingerprint density at radius 2 is 1.00 bits per heavy atom. The summed E-state index contributed by atoms with van der Waals surface area (Å²) in [4.78, 5) is 0. The van der Waals surface area contributed by atoms with Crippen molar-refractivity contribution in [1.82, 2.24) is 0 Å². The topological polar surface area (TPSA) is 0 Å². The first-order valence-corrected chi connectivity index (χ1v) is 0. The summed E-state index contributed by atoms with van der Waals surface area (Å²) in [5, 5.41) is 0. The molecule has 0 aromatic rings.